The maximum atomic E-state index is 12.9. The van der Waals surface area contributed by atoms with Crippen LogP contribution in [0.1, 0.15) is 59.3 Å². The molecule has 2 atom stereocenters. The number of fused-ring (bicyclic) bond motifs is 1. The van der Waals surface area contributed by atoms with Crippen molar-refractivity contribution in [2.45, 2.75) is 50.9 Å². The molecule has 0 spiro atoms. The summed E-state index contributed by atoms with van der Waals surface area (Å²) in [6.07, 6.45) is 5.16. The first-order valence-electron chi connectivity index (χ1n) is 8.98. The molecule has 0 bridgehead atoms. The third-order valence-electron chi connectivity index (χ3n) is 5.44. The number of aromatic nitrogens is 1. The highest BCUT2D eigenvalue weighted by Crippen LogP contribution is 2.36. The van der Waals surface area contributed by atoms with Gasteiger partial charge in [0, 0.05) is 36.5 Å². The van der Waals surface area contributed by atoms with Gasteiger partial charge in [-0.3, -0.25) is 4.79 Å². The summed E-state index contributed by atoms with van der Waals surface area (Å²) in [5.74, 6) is 1.17. The summed E-state index contributed by atoms with van der Waals surface area (Å²) in [4.78, 5) is 19.6. The van der Waals surface area contributed by atoms with Crippen LogP contribution in [-0.2, 0) is 11.2 Å². The third-order valence-corrected chi connectivity index (χ3v) is 6.56. The van der Waals surface area contributed by atoms with Gasteiger partial charge in [-0.25, -0.2) is 4.98 Å². The minimum atomic E-state index is 0.328. The van der Waals surface area contributed by atoms with Crippen LogP contribution in [0, 0.1) is 6.92 Å². The molecule has 2 heterocycles. The zero-order valence-electron chi connectivity index (χ0n) is 14.2. The van der Waals surface area contributed by atoms with E-state index >= 15 is 0 Å². The number of likely N-dealkylation sites (tertiary alicyclic amines) is 1. The summed E-state index contributed by atoms with van der Waals surface area (Å²) in [5, 5.41) is 3.32. The van der Waals surface area contributed by atoms with Gasteiger partial charge in [0.25, 0.3) is 0 Å². The van der Waals surface area contributed by atoms with Crippen molar-refractivity contribution < 1.29 is 4.79 Å². The quantitative estimate of drug-likeness (QED) is 0.835. The molecule has 2 aliphatic rings. The molecule has 1 fully saturated rings. The highest BCUT2D eigenvalue weighted by atomic mass is 32.1. The Bertz CT molecular complexity index is 739. The van der Waals surface area contributed by atoms with Crippen molar-refractivity contribution in [1.82, 2.24) is 9.88 Å². The molecule has 3 nitrogen and oxygen atoms in total. The maximum absolute atomic E-state index is 12.9. The van der Waals surface area contributed by atoms with E-state index in [1.54, 1.807) is 11.3 Å². The zero-order chi connectivity index (χ0) is 16.5. The Morgan fingerprint density at radius 2 is 2.21 bits per heavy atom. The number of aryl methyl sites for hydroxylation is 2. The number of carbonyl (C=O) groups excluding carboxylic acids is 1. The van der Waals surface area contributed by atoms with Gasteiger partial charge < -0.3 is 4.90 Å². The molecular weight excluding hydrogens is 316 g/mol. The fourth-order valence-corrected chi connectivity index (χ4v) is 5.09. The normalized spacial score (nSPS) is 23.3. The van der Waals surface area contributed by atoms with Crippen molar-refractivity contribution >= 4 is 17.2 Å². The van der Waals surface area contributed by atoms with Crippen LogP contribution in [0.2, 0.25) is 0 Å². The highest BCUT2D eigenvalue weighted by molar-refractivity contribution is 7.09. The second kappa shape index (κ2) is 6.67. The minimum Gasteiger partial charge on any atom is -0.342 e. The summed E-state index contributed by atoms with van der Waals surface area (Å²) in [6, 6.07) is 8.62. The van der Waals surface area contributed by atoms with Gasteiger partial charge in [0.1, 0.15) is 0 Å². The number of amides is 1. The van der Waals surface area contributed by atoms with Crippen molar-refractivity contribution in [3.63, 3.8) is 0 Å². The number of carbonyl (C=O) groups is 1. The van der Waals surface area contributed by atoms with Crippen LogP contribution in [-0.4, -0.2) is 28.9 Å². The molecule has 4 heteroatoms. The summed E-state index contributed by atoms with van der Waals surface area (Å²) < 4.78 is 0. The first-order valence-corrected chi connectivity index (χ1v) is 9.86. The van der Waals surface area contributed by atoms with E-state index in [1.807, 2.05) is 6.92 Å². The average Bonchev–Trinajstić information content (AvgIpc) is 3.22. The number of thiazole rings is 1. The summed E-state index contributed by atoms with van der Waals surface area (Å²) in [7, 11) is 0. The SMILES string of the molecule is Cc1csc(C2CCCN(C(=O)CC3CCc4ccccc43)C2)n1. The van der Waals surface area contributed by atoms with Crippen LogP contribution in [0.3, 0.4) is 0 Å². The largest absolute Gasteiger partial charge is 0.342 e. The Hall–Kier alpha value is -1.68. The molecule has 1 aromatic heterocycles. The Balaban J connectivity index is 1.41. The van der Waals surface area contributed by atoms with Gasteiger partial charge in [0.05, 0.1) is 5.01 Å². The van der Waals surface area contributed by atoms with E-state index < -0.39 is 0 Å². The van der Waals surface area contributed by atoms with Crippen molar-refractivity contribution in [1.29, 1.82) is 0 Å². The number of hydrogen-bond donors (Lipinski definition) is 0. The zero-order valence-corrected chi connectivity index (χ0v) is 15.0. The van der Waals surface area contributed by atoms with Gasteiger partial charge in [-0.05, 0) is 49.7 Å². The van der Waals surface area contributed by atoms with E-state index in [9.17, 15) is 4.79 Å². The fraction of sp³-hybridized carbons (Fsp3) is 0.500. The lowest BCUT2D eigenvalue weighted by Gasteiger charge is -2.32. The standard InChI is InChI=1S/C20H24N2OS/c1-14-13-24-20(21-14)17-6-4-10-22(12-17)19(23)11-16-9-8-15-5-2-3-7-18(15)16/h2-3,5,7,13,16-17H,4,6,8-12H2,1H3. The first kappa shape index (κ1) is 15.8. The van der Waals surface area contributed by atoms with Crippen LogP contribution >= 0.6 is 11.3 Å². The van der Waals surface area contributed by atoms with Crippen molar-refractivity contribution in [3.05, 3.63) is 51.5 Å². The van der Waals surface area contributed by atoms with Gasteiger partial charge >= 0.3 is 0 Å². The smallest absolute Gasteiger partial charge is 0.223 e. The summed E-state index contributed by atoms with van der Waals surface area (Å²) in [5.41, 5.74) is 3.93. The average molecular weight is 340 g/mol. The molecule has 2 unspecified atom stereocenters. The number of benzene rings is 1. The molecule has 0 saturated carbocycles. The highest BCUT2D eigenvalue weighted by Gasteiger charge is 2.30. The Morgan fingerprint density at radius 3 is 3.04 bits per heavy atom. The number of rotatable bonds is 3. The molecule has 1 saturated heterocycles. The van der Waals surface area contributed by atoms with Gasteiger partial charge in [0.15, 0.2) is 0 Å². The molecule has 4 rings (SSSR count). The fourth-order valence-electron chi connectivity index (χ4n) is 4.16. The van der Waals surface area contributed by atoms with Crippen LogP contribution in [0.25, 0.3) is 0 Å². The van der Waals surface area contributed by atoms with Crippen molar-refractivity contribution in [2.75, 3.05) is 13.1 Å². The van der Waals surface area contributed by atoms with E-state index in [0.29, 0.717) is 24.2 Å². The minimum absolute atomic E-state index is 0.328. The van der Waals surface area contributed by atoms with E-state index in [2.05, 4.69) is 39.5 Å². The molecule has 2 aromatic rings. The number of hydrogen-bond acceptors (Lipinski definition) is 3. The Kier molecular flexibility index (Phi) is 4.40. The molecule has 1 amide bonds. The van der Waals surface area contributed by atoms with Crippen LogP contribution < -0.4 is 0 Å². The van der Waals surface area contributed by atoms with Gasteiger partial charge in [-0.15, -0.1) is 11.3 Å². The van der Waals surface area contributed by atoms with E-state index in [-0.39, 0.29) is 0 Å². The molecule has 1 aliphatic heterocycles. The van der Waals surface area contributed by atoms with E-state index in [4.69, 9.17) is 0 Å². The van der Waals surface area contributed by atoms with Gasteiger partial charge in [0.2, 0.25) is 5.91 Å². The van der Waals surface area contributed by atoms with Crippen LogP contribution in [0.15, 0.2) is 29.6 Å². The summed E-state index contributed by atoms with van der Waals surface area (Å²) in [6.45, 7) is 3.80. The lowest BCUT2D eigenvalue weighted by molar-refractivity contribution is -0.132. The van der Waals surface area contributed by atoms with Crippen molar-refractivity contribution in [3.8, 4) is 0 Å². The lowest BCUT2D eigenvalue weighted by Crippen LogP contribution is -2.39. The molecule has 24 heavy (non-hydrogen) atoms. The molecule has 0 N–H and O–H groups in total. The lowest BCUT2D eigenvalue weighted by atomic mass is 9.94. The molecule has 1 aliphatic carbocycles. The van der Waals surface area contributed by atoms with Crippen LogP contribution in [0.5, 0.6) is 0 Å². The third kappa shape index (κ3) is 3.12. The predicted octanol–water partition coefficient (Wildman–Crippen LogP) is 4.28. The summed E-state index contributed by atoms with van der Waals surface area (Å²) >= 11 is 1.74. The number of piperidine rings is 1. The maximum Gasteiger partial charge on any atom is 0.223 e. The van der Waals surface area contributed by atoms with Crippen molar-refractivity contribution in [2.24, 2.45) is 0 Å². The molecule has 1 aromatic carbocycles. The number of nitrogens with zero attached hydrogens (tertiary/aromatic N) is 2. The molecular formula is C20H24N2OS. The molecule has 0 radical (unpaired) electrons. The van der Waals surface area contributed by atoms with Gasteiger partial charge in [-0.1, -0.05) is 24.3 Å². The monoisotopic (exact) mass is 340 g/mol. The molecule has 126 valence electrons. The topological polar surface area (TPSA) is 33.2 Å². The van der Waals surface area contributed by atoms with Gasteiger partial charge in [-0.2, -0.15) is 0 Å². The van der Waals surface area contributed by atoms with E-state index in [1.165, 1.54) is 16.1 Å². The second-order valence-corrected chi connectivity index (χ2v) is 8.03. The first-order chi connectivity index (χ1) is 11.7. The van der Waals surface area contributed by atoms with Crippen LogP contribution in [0.4, 0.5) is 0 Å². The van der Waals surface area contributed by atoms with E-state index in [0.717, 1.165) is 44.5 Å². The second-order valence-electron chi connectivity index (χ2n) is 7.14. The Morgan fingerprint density at radius 1 is 1.33 bits per heavy atom. The Labute approximate surface area is 147 Å². The predicted molar refractivity (Wildman–Crippen MR) is 97.5 cm³/mol.